The van der Waals surface area contributed by atoms with E-state index >= 15 is 0 Å². The molecule has 5 heteroatoms. The van der Waals surface area contributed by atoms with E-state index in [1.54, 1.807) is 12.1 Å². The molecule has 0 radical (unpaired) electrons. The van der Waals surface area contributed by atoms with Crippen molar-refractivity contribution >= 4 is 11.7 Å². The van der Waals surface area contributed by atoms with Gasteiger partial charge in [0.25, 0.3) is 0 Å². The number of benzene rings is 1. The highest BCUT2D eigenvalue weighted by Crippen LogP contribution is 2.12. The molecule has 116 valence electrons. The van der Waals surface area contributed by atoms with Crippen LogP contribution in [-0.4, -0.2) is 37.9 Å². The van der Waals surface area contributed by atoms with Gasteiger partial charge in [-0.25, -0.2) is 0 Å². The first-order valence-electron chi connectivity index (χ1n) is 7.34. The van der Waals surface area contributed by atoms with Crippen molar-refractivity contribution in [3.8, 4) is 5.75 Å². The fourth-order valence-electron chi connectivity index (χ4n) is 1.74. The van der Waals surface area contributed by atoms with Crippen LogP contribution in [0.5, 0.6) is 5.75 Å². The molecule has 0 aliphatic heterocycles. The van der Waals surface area contributed by atoms with Gasteiger partial charge in [0, 0.05) is 19.0 Å². The summed E-state index contributed by atoms with van der Waals surface area (Å²) in [5, 5.41) is 5.78. The summed E-state index contributed by atoms with van der Waals surface area (Å²) < 4.78 is 5.47. The van der Waals surface area contributed by atoms with Crippen LogP contribution in [0.25, 0.3) is 0 Å². The van der Waals surface area contributed by atoms with Crippen LogP contribution in [-0.2, 0) is 4.79 Å². The number of rotatable bonds is 10. The maximum atomic E-state index is 11.9. The summed E-state index contributed by atoms with van der Waals surface area (Å²) in [6.45, 7) is 5.85. The fraction of sp³-hybridized carbons (Fsp3) is 0.500. The van der Waals surface area contributed by atoms with Crippen molar-refractivity contribution in [3.63, 3.8) is 0 Å². The van der Waals surface area contributed by atoms with Crippen LogP contribution in [0.3, 0.4) is 0 Å². The van der Waals surface area contributed by atoms with Gasteiger partial charge in [0.15, 0.2) is 5.78 Å². The molecule has 2 N–H and O–H groups in total. The normalized spacial score (nSPS) is 10.2. The van der Waals surface area contributed by atoms with Gasteiger partial charge in [-0.3, -0.25) is 9.59 Å². The lowest BCUT2D eigenvalue weighted by atomic mass is 10.1. The average molecular weight is 292 g/mol. The standard InChI is InChI=1S/C16H24N2O3/c1-3-11-21-15-7-5-14(6-8-15)16(20)12-17-9-4-10-18-13(2)19/h5-8,17H,3-4,9-12H2,1-2H3,(H,18,19). The lowest BCUT2D eigenvalue weighted by Gasteiger charge is -2.07. The molecule has 0 saturated carbocycles. The molecule has 0 bridgehead atoms. The Morgan fingerprint density at radius 2 is 1.86 bits per heavy atom. The van der Waals surface area contributed by atoms with Gasteiger partial charge in [-0.2, -0.15) is 0 Å². The largest absolute Gasteiger partial charge is 0.494 e. The lowest BCUT2D eigenvalue weighted by Crippen LogP contribution is -2.28. The molecule has 0 fully saturated rings. The van der Waals surface area contributed by atoms with Gasteiger partial charge in [-0.1, -0.05) is 6.92 Å². The van der Waals surface area contributed by atoms with E-state index < -0.39 is 0 Å². The highest BCUT2D eigenvalue weighted by Gasteiger charge is 2.05. The molecule has 5 nitrogen and oxygen atoms in total. The summed E-state index contributed by atoms with van der Waals surface area (Å²) in [7, 11) is 0. The molecule has 1 amide bonds. The molecule has 1 rings (SSSR count). The Morgan fingerprint density at radius 3 is 2.48 bits per heavy atom. The van der Waals surface area contributed by atoms with Crippen LogP contribution < -0.4 is 15.4 Å². The van der Waals surface area contributed by atoms with E-state index in [1.165, 1.54) is 6.92 Å². The SMILES string of the molecule is CCCOc1ccc(C(=O)CNCCCNC(C)=O)cc1. The van der Waals surface area contributed by atoms with Crippen LogP contribution >= 0.6 is 0 Å². The average Bonchev–Trinajstić information content (AvgIpc) is 2.48. The smallest absolute Gasteiger partial charge is 0.216 e. The molecule has 0 unspecified atom stereocenters. The summed E-state index contributed by atoms with van der Waals surface area (Å²) >= 11 is 0. The summed E-state index contributed by atoms with van der Waals surface area (Å²) in [5.41, 5.74) is 0.674. The molecule has 0 spiro atoms. The fourth-order valence-corrected chi connectivity index (χ4v) is 1.74. The third-order valence-electron chi connectivity index (χ3n) is 2.84. The van der Waals surface area contributed by atoms with Crippen molar-refractivity contribution in [3.05, 3.63) is 29.8 Å². The minimum atomic E-state index is -0.0311. The highest BCUT2D eigenvalue weighted by atomic mass is 16.5. The summed E-state index contributed by atoms with van der Waals surface area (Å²) in [5.74, 6) is 0.810. The van der Waals surface area contributed by atoms with Gasteiger partial charge < -0.3 is 15.4 Å². The second-order valence-corrected chi connectivity index (χ2v) is 4.81. The van der Waals surface area contributed by atoms with Crippen molar-refractivity contribution in [2.24, 2.45) is 0 Å². The number of nitrogens with one attached hydrogen (secondary N) is 2. The Kier molecular flexibility index (Phi) is 8.12. The van der Waals surface area contributed by atoms with Crippen LogP contribution in [0.2, 0.25) is 0 Å². The van der Waals surface area contributed by atoms with Gasteiger partial charge in [-0.15, -0.1) is 0 Å². The summed E-state index contributed by atoms with van der Waals surface area (Å²) in [4.78, 5) is 22.6. The topological polar surface area (TPSA) is 67.4 Å². The number of carbonyl (C=O) groups is 2. The first-order chi connectivity index (χ1) is 10.1. The van der Waals surface area contributed by atoms with Crippen molar-refractivity contribution in [1.82, 2.24) is 10.6 Å². The van der Waals surface area contributed by atoms with Gasteiger partial charge in [0.1, 0.15) is 5.75 Å². The van der Waals surface area contributed by atoms with Gasteiger partial charge in [0.05, 0.1) is 13.2 Å². The van der Waals surface area contributed by atoms with Crippen LogP contribution in [0.15, 0.2) is 24.3 Å². The monoisotopic (exact) mass is 292 g/mol. The lowest BCUT2D eigenvalue weighted by molar-refractivity contribution is -0.118. The molecule has 21 heavy (non-hydrogen) atoms. The number of hydrogen-bond donors (Lipinski definition) is 2. The first-order valence-corrected chi connectivity index (χ1v) is 7.34. The molecule has 1 aromatic carbocycles. The van der Waals surface area contributed by atoms with Gasteiger partial charge in [0.2, 0.25) is 5.91 Å². The predicted octanol–water partition coefficient (Wildman–Crippen LogP) is 1.77. The Labute approximate surface area is 126 Å². The summed E-state index contributed by atoms with van der Waals surface area (Å²) in [6.07, 6.45) is 1.76. The molecule has 0 atom stereocenters. The Bertz CT molecular complexity index is 443. The quantitative estimate of drug-likeness (QED) is 0.509. The Morgan fingerprint density at radius 1 is 1.14 bits per heavy atom. The second-order valence-electron chi connectivity index (χ2n) is 4.81. The van der Waals surface area contributed by atoms with E-state index in [9.17, 15) is 9.59 Å². The third kappa shape index (κ3) is 7.46. The number of Topliss-reactive ketones (excluding diaryl/α,β-unsaturated/α-hetero) is 1. The van der Waals surface area contributed by atoms with E-state index in [1.807, 2.05) is 12.1 Å². The molecule has 0 heterocycles. The minimum absolute atomic E-state index is 0.0311. The first kappa shape index (κ1) is 17.2. The van der Waals surface area contributed by atoms with Crippen LogP contribution in [0.4, 0.5) is 0 Å². The molecule has 0 aliphatic rings. The van der Waals surface area contributed by atoms with Crippen LogP contribution in [0.1, 0.15) is 37.0 Å². The molecular weight excluding hydrogens is 268 g/mol. The van der Waals surface area contributed by atoms with Gasteiger partial charge >= 0.3 is 0 Å². The van der Waals surface area contributed by atoms with Crippen molar-refractivity contribution < 1.29 is 14.3 Å². The molecular formula is C16H24N2O3. The molecule has 1 aromatic rings. The molecule has 0 aromatic heterocycles. The summed E-state index contributed by atoms with van der Waals surface area (Å²) in [6, 6.07) is 7.21. The maximum absolute atomic E-state index is 11.9. The number of ether oxygens (including phenoxy) is 1. The predicted molar refractivity (Wildman–Crippen MR) is 82.7 cm³/mol. The zero-order chi connectivity index (χ0) is 15.5. The Hall–Kier alpha value is -1.88. The van der Waals surface area contributed by atoms with Crippen molar-refractivity contribution in [1.29, 1.82) is 0 Å². The zero-order valence-corrected chi connectivity index (χ0v) is 12.8. The van der Waals surface area contributed by atoms with Crippen molar-refractivity contribution in [2.75, 3.05) is 26.2 Å². The van der Waals surface area contributed by atoms with E-state index in [-0.39, 0.29) is 11.7 Å². The molecule has 0 saturated heterocycles. The number of ketones is 1. The van der Waals surface area contributed by atoms with Crippen molar-refractivity contribution in [2.45, 2.75) is 26.7 Å². The molecule has 0 aliphatic carbocycles. The minimum Gasteiger partial charge on any atom is -0.494 e. The maximum Gasteiger partial charge on any atom is 0.216 e. The van der Waals surface area contributed by atoms with E-state index in [0.717, 1.165) is 18.6 Å². The third-order valence-corrected chi connectivity index (χ3v) is 2.84. The van der Waals surface area contributed by atoms with Gasteiger partial charge in [-0.05, 0) is 43.7 Å². The number of amides is 1. The Balaban J connectivity index is 2.24. The number of carbonyl (C=O) groups excluding carboxylic acids is 2. The number of hydrogen-bond acceptors (Lipinski definition) is 4. The van der Waals surface area contributed by atoms with Crippen LogP contribution in [0, 0.1) is 0 Å². The zero-order valence-electron chi connectivity index (χ0n) is 12.8. The highest BCUT2D eigenvalue weighted by molar-refractivity contribution is 5.97. The van der Waals surface area contributed by atoms with E-state index in [2.05, 4.69) is 17.6 Å². The van der Waals surface area contributed by atoms with E-state index in [0.29, 0.717) is 31.8 Å². The van der Waals surface area contributed by atoms with E-state index in [4.69, 9.17) is 4.74 Å². The second kappa shape index (κ2) is 9.94.